The molecule has 0 aliphatic heterocycles. The van der Waals surface area contributed by atoms with Crippen LogP contribution in [0.25, 0.3) is 11.3 Å². The number of aromatic nitrogens is 1. The second kappa shape index (κ2) is 4.69. The number of nitrogens with one attached hydrogen (secondary N) is 1. The molecule has 17 heavy (non-hydrogen) atoms. The summed E-state index contributed by atoms with van der Waals surface area (Å²) in [6, 6.07) is 9.38. The quantitative estimate of drug-likeness (QED) is 0.863. The van der Waals surface area contributed by atoms with Crippen LogP contribution in [0.2, 0.25) is 0 Å². The van der Waals surface area contributed by atoms with E-state index in [1.807, 2.05) is 31.2 Å². The van der Waals surface area contributed by atoms with Crippen LogP contribution in [0.5, 0.6) is 5.95 Å². The summed E-state index contributed by atoms with van der Waals surface area (Å²) in [4.78, 5) is 11.0. The van der Waals surface area contributed by atoms with Crippen molar-refractivity contribution in [1.82, 2.24) is 10.5 Å². The van der Waals surface area contributed by atoms with E-state index in [4.69, 9.17) is 9.26 Å². The molecule has 1 aromatic heterocycles. The van der Waals surface area contributed by atoms with Crippen molar-refractivity contribution in [1.29, 1.82) is 0 Å². The fourth-order valence-electron chi connectivity index (χ4n) is 1.31. The summed E-state index contributed by atoms with van der Waals surface area (Å²) < 4.78 is 9.70. The molecule has 5 nitrogen and oxygen atoms in total. The number of ether oxygens (including phenoxy) is 1. The standard InChI is InChI=1S/C12H12N2O3/c1-8-3-5-9(6-4-8)10-7-11(17-14-10)16-12(15)13-2/h3-7H,1-2H3,(H,13,15). The number of rotatable bonds is 2. The summed E-state index contributed by atoms with van der Waals surface area (Å²) in [7, 11) is 1.47. The predicted octanol–water partition coefficient (Wildman–Crippen LogP) is 2.37. The second-order valence-corrected chi connectivity index (χ2v) is 3.54. The highest BCUT2D eigenvalue weighted by molar-refractivity contribution is 5.70. The van der Waals surface area contributed by atoms with E-state index in [9.17, 15) is 4.79 Å². The topological polar surface area (TPSA) is 64.4 Å². The fraction of sp³-hybridized carbons (Fsp3) is 0.167. The molecule has 5 heteroatoms. The van der Waals surface area contributed by atoms with Gasteiger partial charge in [-0.15, -0.1) is 0 Å². The molecule has 0 radical (unpaired) electrons. The average molecular weight is 232 g/mol. The summed E-state index contributed by atoms with van der Waals surface area (Å²) in [5.41, 5.74) is 2.70. The molecule has 1 aromatic carbocycles. The van der Waals surface area contributed by atoms with Gasteiger partial charge in [-0.2, -0.15) is 0 Å². The molecule has 0 saturated carbocycles. The van der Waals surface area contributed by atoms with Crippen molar-refractivity contribution in [2.24, 2.45) is 0 Å². The lowest BCUT2D eigenvalue weighted by Crippen LogP contribution is -2.21. The Hall–Kier alpha value is -2.30. The number of benzene rings is 1. The Morgan fingerprint density at radius 1 is 1.35 bits per heavy atom. The molecular formula is C12H12N2O3. The lowest BCUT2D eigenvalue weighted by molar-refractivity contribution is 0.183. The van der Waals surface area contributed by atoms with E-state index in [1.54, 1.807) is 6.07 Å². The minimum Gasteiger partial charge on any atom is -0.374 e. The molecule has 0 fully saturated rings. The van der Waals surface area contributed by atoms with E-state index in [0.717, 1.165) is 5.56 Å². The molecule has 88 valence electrons. The third kappa shape index (κ3) is 2.63. The summed E-state index contributed by atoms with van der Waals surface area (Å²) in [5.74, 6) is 0.0694. The van der Waals surface area contributed by atoms with E-state index >= 15 is 0 Å². The third-order valence-electron chi connectivity index (χ3n) is 2.23. The van der Waals surface area contributed by atoms with E-state index in [1.165, 1.54) is 12.6 Å². The molecule has 0 bridgehead atoms. The van der Waals surface area contributed by atoms with Gasteiger partial charge in [0.25, 0.3) is 0 Å². The molecule has 0 atom stereocenters. The van der Waals surface area contributed by atoms with Gasteiger partial charge in [-0.3, -0.25) is 0 Å². The maximum absolute atomic E-state index is 11.0. The van der Waals surface area contributed by atoms with Crippen molar-refractivity contribution >= 4 is 6.09 Å². The van der Waals surface area contributed by atoms with Crippen LogP contribution < -0.4 is 10.1 Å². The fourth-order valence-corrected chi connectivity index (χ4v) is 1.31. The summed E-state index contributed by atoms with van der Waals surface area (Å²) >= 11 is 0. The Morgan fingerprint density at radius 3 is 2.71 bits per heavy atom. The number of aryl methyl sites for hydroxylation is 1. The zero-order valence-corrected chi connectivity index (χ0v) is 9.56. The Labute approximate surface area is 98.4 Å². The number of carbonyl (C=O) groups is 1. The highest BCUT2D eigenvalue weighted by Crippen LogP contribution is 2.23. The van der Waals surface area contributed by atoms with Gasteiger partial charge in [-0.05, 0) is 6.92 Å². The molecule has 1 amide bonds. The Kier molecular flexibility index (Phi) is 3.09. The number of amides is 1. The van der Waals surface area contributed by atoms with Crippen LogP contribution in [-0.4, -0.2) is 18.3 Å². The van der Waals surface area contributed by atoms with Gasteiger partial charge in [0.05, 0.1) is 6.07 Å². The Balaban J connectivity index is 2.18. The molecule has 0 unspecified atom stereocenters. The van der Waals surface area contributed by atoms with Gasteiger partial charge in [-0.25, -0.2) is 4.79 Å². The molecular weight excluding hydrogens is 220 g/mol. The van der Waals surface area contributed by atoms with E-state index in [0.29, 0.717) is 5.69 Å². The molecule has 2 rings (SSSR count). The number of carbonyl (C=O) groups excluding carboxylic acids is 1. The number of hydrogen-bond donors (Lipinski definition) is 1. The average Bonchev–Trinajstić information content (AvgIpc) is 2.78. The summed E-state index contributed by atoms with van der Waals surface area (Å²) in [5, 5.41) is 6.14. The van der Waals surface area contributed by atoms with Crippen molar-refractivity contribution in [2.75, 3.05) is 7.05 Å². The van der Waals surface area contributed by atoms with Crippen molar-refractivity contribution in [3.05, 3.63) is 35.9 Å². The van der Waals surface area contributed by atoms with Gasteiger partial charge in [0.1, 0.15) is 5.69 Å². The van der Waals surface area contributed by atoms with Crippen LogP contribution in [-0.2, 0) is 0 Å². The molecule has 2 aromatic rings. The van der Waals surface area contributed by atoms with Crippen molar-refractivity contribution in [2.45, 2.75) is 6.92 Å². The smallest absolute Gasteiger partial charge is 0.374 e. The van der Waals surface area contributed by atoms with Gasteiger partial charge in [0, 0.05) is 12.6 Å². The van der Waals surface area contributed by atoms with Gasteiger partial charge in [-0.1, -0.05) is 35.0 Å². The van der Waals surface area contributed by atoms with E-state index in [2.05, 4.69) is 10.5 Å². The maximum Gasteiger partial charge on any atom is 0.414 e. The first-order valence-electron chi connectivity index (χ1n) is 5.12. The highest BCUT2D eigenvalue weighted by atomic mass is 16.7. The molecule has 1 N–H and O–H groups in total. The first kappa shape index (κ1) is 11.2. The van der Waals surface area contributed by atoms with Crippen LogP contribution in [0.3, 0.4) is 0 Å². The zero-order valence-electron chi connectivity index (χ0n) is 9.56. The zero-order chi connectivity index (χ0) is 12.3. The van der Waals surface area contributed by atoms with Crippen LogP contribution in [0.15, 0.2) is 34.9 Å². The SMILES string of the molecule is CNC(=O)Oc1cc(-c2ccc(C)cc2)no1. The van der Waals surface area contributed by atoms with Crippen molar-refractivity contribution in [3.63, 3.8) is 0 Å². The molecule has 0 spiro atoms. The molecule has 0 aliphatic rings. The van der Waals surface area contributed by atoms with Crippen LogP contribution in [0.4, 0.5) is 4.79 Å². The molecule has 1 heterocycles. The lowest BCUT2D eigenvalue weighted by atomic mass is 10.1. The highest BCUT2D eigenvalue weighted by Gasteiger charge is 2.10. The molecule has 0 saturated heterocycles. The minimum absolute atomic E-state index is 0.0694. The van der Waals surface area contributed by atoms with Crippen molar-refractivity contribution in [3.8, 4) is 17.2 Å². The number of hydrogen-bond acceptors (Lipinski definition) is 4. The van der Waals surface area contributed by atoms with Gasteiger partial charge < -0.3 is 14.6 Å². The monoisotopic (exact) mass is 232 g/mol. The third-order valence-corrected chi connectivity index (χ3v) is 2.23. The van der Waals surface area contributed by atoms with Crippen LogP contribution in [0, 0.1) is 6.92 Å². The summed E-state index contributed by atoms with van der Waals surface area (Å²) in [6.45, 7) is 2.01. The van der Waals surface area contributed by atoms with Crippen molar-refractivity contribution < 1.29 is 14.1 Å². The van der Waals surface area contributed by atoms with E-state index < -0.39 is 6.09 Å². The summed E-state index contributed by atoms with van der Waals surface area (Å²) in [6.07, 6.45) is -0.586. The van der Waals surface area contributed by atoms with Crippen LogP contribution in [0.1, 0.15) is 5.56 Å². The van der Waals surface area contributed by atoms with Gasteiger partial charge >= 0.3 is 12.0 Å². The number of nitrogens with zero attached hydrogens (tertiary/aromatic N) is 1. The normalized spacial score (nSPS) is 10.0. The van der Waals surface area contributed by atoms with E-state index in [-0.39, 0.29) is 5.95 Å². The second-order valence-electron chi connectivity index (χ2n) is 3.54. The largest absolute Gasteiger partial charge is 0.414 e. The van der Waals surface area contributed by atoms with Gasteiger partial charge in [0.15, 0.2) is 0 Å². The van der Waals surface area contributed by atoms with Crippen LogP contribution >= 0.6 is 0 Å². The predicted molar refractivity (Wildman–Crippen MR) is 61.8 cm³/mol. The first-order chi connectivity index (χ1) is 8.19. The maximum atomic E-state index is 11.0. The lowest BCUT2D eigenvalue weighted by Gasteiger charge is -1.96. The Morgan fingerprint density at radius 2 is 2.06 bits per heavy atom. The molecule has 0 aliphatic carbocycles. The minimum atomic E-state index is -0.586. The van der Waals surface area contributed by atoms with Gasteiger partial charge in [0.2, 0.25) is 0 Å². The first-order valence-corrected chi connectivity index (χ1v) is 5.12. The Bertz CT molecular complexity index is 517.